The van der Waals surface area contributed by atoms with Crippen LogP contribution in [-0.2, 0) is 4.79 Å². The number of nitriles is 1. The second kappa shape index (κ2) is 7.23. The lowest BCUT2D eigenvalue weighted by molar-refractivity contribution is -0.122. The van der Waals surface area contributed by atoms with E-state index in [1.807, 2.05) is 6.07 Å². The number of amides is 1. The molecule has 0 radical (unpaired) electrons. The van der Waals surface area contributed by atoms with Crippen LogP contribution in [0.3, 0.4) is 0 Å². The Kier molecular flexibility index (Phi) is 4.67. The van der Waals surface area contributed by atoms with Crippen molar-refractivity contribution in [1.29, 1.82) is 5.26 Å². The molecule has 1 N–H and O–H groups in total. The molecule has 25 heavy (non-hydrogen) atoms. The number of carbonyl (C=O) groups excluding carboxylic acids is 1. The Bertz CT molecular complexity index is 917. The highest BCUT2D eigenvalue weighted by atomic mass is 16.5. The molecular formula is C17H14N6O2. The van der Waals surface area contributed by atoms with Gasteiger partial charge in [-0.05, 0) is 31.2 Å². The van der Waals surface area contributed by atoms with Gasteiger partial charge in [0, 0.05) is 6.20 Å². The molecule has 8 heteroatoms. The lowest BCUT2D eigenvalue weighted by Crippen LogP contribution is -2.30. The van der Waals surface area contributed by atoms with Crippen molar-refractivity contribution < 1.29 is 9.53 Å². The number of hydrogen-bond donors (Lipinski definition) is 1. The molecule has 0 saturated carbocycles. The molecule has 1 aromatic carbocycles. The van der Waals surface area contributed by atoms with Gasteiger partial charge in [-0.15, -0.1) is 0 Å². The molecular weight excluding hydrogens is 320 g/mol. The predicted octanol–water partition coefficient (Wildman–Crippen LogP) is 1.94. The molecule has 2 heterocycles. The fraction of sp³-hybridized carbons (Fsp3) is 0.118. The standard InChI is InChI=1S/C17H14N6O2/c1-12(25-15-7-3-2-5-13(15)9-18)17(24)22-14-6-4-8-20-16(14)23-11-19-10-21-23/h2-8,10-12H,1H3,(H,22,24)/t12-/m1/s1. The first-order valence-corrected chi connectivity index (χ1v) is 7.45. The summed E-state index contributed by atoms with van der Waals surface area (Å²) < 4.78 is 7.06. The van der Waals surface area contributed by atoms with E-state index in [1.165, 1.54) is 17.3 Å². The minimum Gasteiger partial charge on any atom is -0.480 e. The molecule has 8 nitrogen and oxygen atoms in total. The summed E-state index contributed by atoms with van der Waals surface area (Å²) in [5.74, 6) is 0.426. The zero-order chi connectivity index (χ0) is 17.6. The lowest BCUT2D eigenvalue weighted by atomic mass is 10.2. The summed E-state index contributed by atoms with van der Waals surface area (Å²) in [4.78, 5) is 20.5. The van der Waals surface area contributed by atoms with E-state index in [-0.39, 0.29) is 5.91 Å². The van der Waals surface area contributed by atoms with Crippen molar-refractivity contribution >= 4 is 11.6 Å². The fourth-order valence-corrected chi connectivity index (χ4v) is 2.13. The summed E-state index contributed by atoms with van der Waals surface area (Å²) in [5.41, 5.74) is 0.842. The van der Waals surface area contributed by atoms with Crippen LogP contribution in [0.5, 0.6) is 5.75 Å². The number of hydrogen-bond acceptors (Lipinski definition) is 6. The number of carbonyl (C=O) groups is 1. The highest BCUT2D eigenvalue weighted by molar-refractivity contribution is 5.95. The zero-order valence-corrected chi connectivity index (χ0v) is 13.3. The average Bonchev–Trinajstić information content (AvgIpc) is 3.17. The van der Waals surface area contributed by atoms with E-state index in [9.17, 15) is 4.79 Å². The Morgan fingerprint density at radius 3 is 2.92 bits per heavy atom. The molecule has 0 aliphatic heterocycles. The van der Waals surface area contributed by atoms with Crippen molar-refractivity contribution in [2.45, 2.75) is 13.0 Å². The summed E-state index contributed by atoms with van der Waals surface area (Å²) in [6.45, 7) is 1.61. The molecule has 3 aromatic rings. The monoisotopic (exact) mass is 334 g/mol. The largest absolute Gasteiger partial charge is 0.480 e. The van der Waals surface area contributed by atoms with Crippen molar-refractivity contribution in [2.75, 3.05) is 5.32 Å². The van der Waals surface area contributed by atoms with Crippen molar-refractivity contribution in [3.05, 3.63) is 60.8 Å². The first-order valence-electron chi connectivity index (χ1n) is 7.45. The minimum absolute atomic E-state index is 0.357. The third-order valence-electron chi connectivity index (χ3n) is 3.36. The van der Waals surface area contributed by atoms with Gasteiger partial charge in [0.25, 0.3) is 5.91 Å². The van der Waals surface area contributed by atoms with Crippen LogP contribution in [0.2, 0.25) is 0 Å². The third-order valence-corrected chi connectivity index (χ3v) is 3.36. The highest BCUT2D eigenvalue weighted by Gasteiger charge is 2.18. The summed E-state index contributed by atoms with van der Waals surface area (Å²) in [6.07, 6.45) is 3.65. The molecule has 3 rings (SSSR count). The summed E-state index contributed by atoms with van der Waals surface area (Å²) in [7, 11) is 0. The molecule has 1 atom stereocenters. The molecule has 1 amide bonds. The van der Waals surface area contributed by atoms with Crippen molar-refractivity contribution in [2.24, 2.45) is 0 Å². The Labute approximate surface area is 143 Å². The second-order valence-electron chi connectivity index (χ2n) is 5.07. The molecule has 124 valence electrons. The number of nitrogens with zero attached hydrogens (tertiary/aromatic N) is 5. The first-order chi connectivity index (χ1) is 12.2. The summed E-state index contributed by atoms with van der Waals surface area (Å²) >= 11 is 0. The van der Waals surface area contributed by atoms with Crippen LogP contribution in [0.15, 0.2) is 55.2 Å². The molecule has 2 aromatic heterocycles. The number of para-hydroxylation sites is 1. The molecule has 0 aliphatic carbocycles. The van der Waals surface area contributed by atoms with Gasteiger partial charge < -0.3 is 10.1 Å². The van der Waals surface area contributed by atoms with E-state index in [0.29, 0.717) is 22.8 Å². The average molecular weight is 334 g/mol. The van der Waals surface area contributed by atoms with Gasteiger partial charge in [-0.25, -0.2) is 14.6 Å². The van der Waals surface area contributed by atoms with E-state index in [1.54, 1.807) is 49.5 Å². The highest BCUT2D eigenvalue weighted by Crippen LogP contribution is 2.20. The van der Waals surface area contributed by atoms with Crippen LogP contribution >= 0.6 is 0 Å². The third kappa shape index (κ3) is 3.61. The van der Waals surface area contributed by atoms with Crippen LogP contribution in [0.1, 0.15) is 12.5 Å². The maximum Gasteiger partial charge on any atom is 0.265 e. The molecule has 0 fully saturated rings. The molecule has 0 unspecified atom stereocenters. The molecule has 0 spiro atoms. The number of nitrogens with one attached hydrogen (secondary N) is 1. The first kappa shape index (κ1) is 16.1. The molecule has 0 aliphatic rings. The number of anilines is 1. The fourth-order valence-electron chi connectivity index (χ4n) is 2.13. The topological polar surface area (TPSA) is 106 Å². The van der Waals surface area contributed by atoms with E-state index < -0.39 is 6.10 Å². The van der Waals surface area contributed by atoms with Crippen LogP contribution in [0.4, 0.5) is 5.69 Å². The lowest BCUT2D eigenvalue weighted by Gasteiger charge is -2.16. The quantitative estimate of drug-likeness (QED) is 0.764. The van der Waals surface area contributed by atoms with Gasteiger partial charge >= 0.3 is 0 Å². The SMILES string of the molecule is C[C@@H](Oc1ccccc1C#N)C(=O)Nc1cccnc1-n1cncn1. The Morgan fingerprint density at radius 1 is 1.32 bits per heavy atom. The van der Waals surface area contributed by atoms with Crippen molar-refractivity contribution in [3.8, 4) is 17.6 Å². The minimum atomic E-state index is -0.807. The van der Waals surface area contributed by atoms with Gasteiger partial charge in [0.05, 0.1) is 11.3 Å². The predicted molar refractivity (Wildman–Crippen MR) is 89.0 cm³/mol. The smallest absolute Gasteiger partial charge is 0.265 e. The Morgan fingerprint density at radius 2 is 2.16 bits per heavy atom. The molecule has 0 bridgehead atoms. The van der Waals surface area contributed by atoms with E-state index in [0.717, 1.165) is 0 Å². The maximum absolute atomic E-state index is 12.4. The van der Waals surface area contributed by atoms with Crippen LogP contribution < -0.4 is 10.1 Å². The second-order valence-corrected chi connectivity index (χ2v) is 5.07. The molecule has 0 saturated heterocycles. The van der Waals surface area contributed by atoms with Crippen molar-refractivity contribution in [3.63, 3.8) is 0 Å². The van der Waals surface area contributed by atoms with Gasteiger partial charge in [0.2, 0.25) is 0 Å². The van der Waals surface area contributed by atoms with Gasteiger partial charge in [-0.1, -0.05) is 12.1 Å². The van der Waals surface area contributed by atoms with Gasteiger partial charge in [-0.2, -0.15) is 10.4 Å². The Balaban J connectivity index is 1.76. The number of aromatic nitrogens is 4. The normalized spacial score (nSPS) is 11.4. The van der Waals surface area contributed by atoms with Gasteiger partial charge in [0.1, 0.15) is 24.5 Å². The summed E-state index contributed by atoms with van der Waals surface area (Å²) in [6, 6.07) is 12.2. The number of pyridine rings is 1. The van der Waals surface area contributed by atoms with Crippen molar-refractivity contribution in [1.82, 2.24) is 19.7 Å². The van der Waals surface area contributed by atoms with E-state index in [4.69, 9.17) is 10.00 Å². The van der Waals surface area contributed by atoms with E-state index in [2.05, 4.69) is 20.4 Å². The van der Waals surface area contributed by atoms with Crippen LogP contribution in [0.25, 0.3) is 5.82 Å². The maximum atomic E-state index is 12.4. The Hall–Kier alpha value is -3.73. The van der Waals surface area contributed by atoms with E-state index >= 15 is 0 Å². The zero-order valence-electron chi connectivity index (χ0n) is 13.3. The van der Waals surface area contributed by atoms with Crippen LogP contribution in [-0.4, -0.2) is 31.8 Å². The number of rotatable bonds is 5. The van der Waals surface area contributed by atoms with Gasteiger partial charge in [0.15, 0.2) is 11.9 Å². The van der Waals surface area contributed by atoms with Crippen LogP contribution in [0, 0.1) is 11.3 Å². The number of benzene rings is 1. The van der Waals surface area contributed by atoms with Gasteiger partial charge in [-0.3, -0.25) is 4.79 Å². The number of ether oxygens (including phenoxy) is 1. The summed E-state index contributed by atoms with van der Waals surface area (Å²) in [5, 5.41) is 15.9.